The molecule has 1 unspecified atom stereocenters. The summed E-state index contributed by atoms with van der Waals surface area (Å²) >= 11 is 4.60. The Morgan fingerprint density at radius 3 is 2.81 bits per heavy atom. The topological polar surface area (TPSA) is 63.8 Å². The summed E-state index contributed by atoms with van der Waals surface area (Å²) in [5, 5.41) is 20.0. The van der Waals surface area contributed by atoms with Crippen LogP contribution in [0.15, 0.2) is 16.0 Å². The van der Waals surface area contributed by atoms with Gasteiger partial charge in [-0.3, -0.25) is 4.68 Å². The number of hydrogen-bond acceptors (Lipinski definition) is 5. The molecular weight excluding hydrogens is 292 g/mol. The van der Waals surface area contributed by atoms with Gasteiger partial charge in [0.1, 0.15) is 11.8 Å². The molecule has 1 N–H and O–H groups in total. The van der Waals surface area contributed by atoms with Crippen molar-refractivity contribution in [1.82, 2.24) is 19.4 Å². The molecule has 0 saturated carbocycles. The summed E-state index contributed by atoms with van der Waals surface area (Å²) in [4.78, 5) is 0. The van der Waals surface area contributed by atoms with Gasteiger partial charge < -0.3 is 5.11 Å². The van der Waals surface area contributed by atoms with Crippen LogP contribution in [0.5, 0.6) is 0 Å². The maximum atomic E-state index is 10.2. The van der Waals surface area contributed by atoms with Gasteiger partial charge in [-0.2, -0.15) is 5.10 Å². The third-order valence-corrected chi connectivity index (χ3v) is 3.33. The minimum atomic E-state index is -0.793. The van der Waals surface area contributed by atoms with Gasteiger partial charge in [0.05, 0.1) is 16.4 Å². The van der Waals surface area contributed by atoms with Gasteiger partial charge in [-0.15, -0.1) is 5.10 Å². The first kappa shape index (κ1) is 11.7. The zero-order chi connectivity index (χ0) is 11.7. The Bertz CT molecular complexity index is 468. The minimum Gasteiger partial charge on any atom is -0.380 e. The fraction of sp³-hybridized carbons (Fsp3) is 0.444. The maximum absolute atomic E-state index is 10.2. The zero-order valence-electron chi connectivity index (χ0n) is 8.83. The molecule has 0 bridgehead atoms. The van der Waals surface area contributed by atoms with E-state index in [1.54, 1.807) is 16.3 Å². The molecule has 2 aromatic heterocycles. The molecule has 2 heterocycles. The molecule has 7 heteroatoms. The van der Waals surface area contributed by atoms with Crippen molar-refractivity contribution in [2.45, 2.75) is 26.0 Å². The molecule has 0 fully saturated rings. The lowest BCUT2D eigenvalue weighted by molar-refractivity contribution is 0.199. The Morgan fingerprint density at radius 1 is 1.50 bits per heavy atom. The van der Waals surface area contributed by atoms with Crippen LogP contribution in [-0.2, 0) is 0 Å². The Hall–Kier alpha value is -0.790. The number of nitrogens with zero attached hydrogens (tertiary/aromatic N) is 4. The summed E-state index contributed by atoms with van der Waals surface area (Å²) in [5.74, 6) is 0. The fourth-order valence-corrected chi connectivity index (χ4v) is 2.41. The minimum absolute atomic E-state index is 0.183. The molecule has 0 aliphatic rings. The van der Waals surface area contributed by atoms with Gasteiger partial charge in [0.15, 0.2) is 0 Å². The summed E-state index contributed by atoms with van der Waals surface area (Å²) in [6.07, 6.45) is 0.885. The average molecular weight is 303 g/mol. The smallest absolute Gasteiger partial charge is 0.141 e. The van der Waals surface area contributed by atoms with E-state index in [2.05, 4.69) is 30.6 Å². The van der Waals surface area contributed by atoms with E-state index in [9.17, 15) is 5.11 Å². The summed E-state index contributed by atoms with van der Waals surface area (Å²) < 4.78 is 6.30. The molecule has 0 amide bonds. The van der Waals surface area contributed by atoms with Gasteiger partial charge in [-0.1, -0.05) is 4.49 Å². The van der Waals surface area contributed by atoms with Crippen LogP contribution in [0.1, 0.15) is 37.4 Å². The van der Waals surface area contributed by atoms with E-state index in [4.69, 9.17) is 0 Å². The molecular formula is C9H11BrN4OS. The Morgan fingerprint density at radius 2 is 2.25 bits per heavy atom. The Balaban J connectivity index is 2.43. The standard InChI is InChI=1S/C9H11BrN4OS/c1-5(2)14-8(6(10)3-11-14)9(15)7-4-16-13-12-7/h3-5,9,15H,1-2H3. The molecule has 5 nitrogen and oxygen atoms in total. The molecule has 2 rings (SSSR count). The summed E-state index contributed by atoms with van der Waals surface area (Å²) in [6.45, 7) is 4.02. The van der Waals surface area contributed by atoms with E-state index >= 15 is 0 Å². The number of halogens is 1. The fourth-order valence-electron chi connectivity index (χ4n) is 1.45. The van der Waals surface area contributed by atoms with Crippen LogP contribution in [0.3, 0.4) is 0 Å². The Labute approximate surface area is 105 Å². The normalized spacial score (nSPS) is 13.3. The van der Waals surface area contributed by atoms with Crippen LogP contribution in [0.25, 0.3) is 0 Å². The lowest BCUT2D eigenvalue weighted by Gasteiger charge is -2.14. The second-order valence-corrected chi connectivity index (χ2v) is 5.11. The zero-order valence-corrected chi connectivity index (χ0v) is 11.2. The van der Waals surface area contributed by atoms with Crippen LogP contribution in [-0.4, -0.2) is 24.5 Å². The quantitative estimate of drug-likeness (QED) is 0.944. The lowest BCUT2D eigenvalue weighted by atomic mass is 10.2. The van der Waals surface area contributed by atoms with Crippen LogP contribution in [0.2, 0.25) is 0 Å². The summed E-state index contributed by atoms with van der Waals surface area (Å²) in [6, 6.07) is 0.183. The van der Waals surface area contributed by atoms with Gasteiger partial charge in [0.25, 0.3) is 0 Å². The molecule has 0 aliphatic heterocycles. The first-order valence-electron chi connectivity index (χ1n) is 4.79. The Kier molecular flexibility index (Phi) is 3.36. The first-order valence-corrected chi connectivity index (χ1v) is 6.42. The molecule has 86 valence electrons. The summed E-state index contributed by atoms with van der Waals surface area (Å²) in [5.41, 5.74) is 1.26. The molecule has 0 radical (unpaired) electrons. The van der Waals surface area contributed by atoms with Crippen molar-refractivity contribution in [1.29, 1.82) is 0 Å². The first-order chi connectivity index (χ1) is 7.61. The highest BCUT2D eigenvalue weighted by molar-refractivity contribution is 9.10. The number of hydrogen-bond donors (Lipinski definition) is 1. The van der Waals surface area contributed by atoms with Crippen LogP contribution >= 0.6 is 27.5 Å². The second-order valence-electron chi connectivity index (χ2n) is 3.65. The van der Waals surface area contributed by atoms with Crippen LogP contribution < -0.4 is 0 Å². The highest BCUT2D eigenvalue weighted by atomic mass is 79.9. The van der Waals surface area contributed by atoms with Crippen LogP contribution in [0, 0.1) is 0 Å². The van der Waals surface area contributed by atoms with Gasteiger partial charge >= 0.3 is 0 Å². The van der Waals surface area contributed by atoms with Crippen molar-refractivity contribution in [3.05, 3.63) is 27.4 Å². The highest BCUT2D eigenvalue weighted by Gasteiger charge is 2.22. The van der Waals surface area contributed by atoms with E-state index in [1.807, 2.05) is 13.8 Å². The summed E-state index contributed by atoms with van der Waals surface area (Å²) in [7, 11) is 0. The largest absolute Gasteiger partial charge is 0.380 e. The monoisotopic (exact) mass is 302 g/mol. The number of aliphatic hydroxyl groups is 1. The predicted octanol–water partition coefficient (Wildman–Crippen LogP) is 2.16. The second kappa shape index (κ2) is 4.60. The van der Waals surface area contributed by atoms with E-state index in [1.165, 1.54) is 11.5 Å². The van der Waals surface area contributed by atoms with Gasteiger partial charge in [-0.25, -0.2) is 0 Å². The molecule has 0 aromatic carbocycles. The number of aromatic nitrogens is 4. The number of rotatable bonds is 3. The van der Waals surface area contributed by atoms with E-state index < -0.39 is 6.10 Å². The number of aliphatic hydroxyl groups excluding tert-OH is 1. The van der Waals surface area contributed by atoms with Crippen molar-refractivity contribution in [3.8, 4) is 0 Å². The van der Waals surface area contributed by atoms with E-state index in [0.29, 0.717) is 11.4 Å². The van der Waals surface area contributed by atoms with Gasteiger partial charge in [0, 0.05) is 11.4 Å². The maximum Gasteiger partial charge on any atom is 0.141 e. The third-order valence-electron chi connectivity index (χ3n) is 2.19. The molecule has 2 aromatic rings. The van der Waals surface area contributed by atoms with Crippen molar-refractivity contribution >= 4 is 27.5 Å². The van der Waals surface area contributed by atoms with Crippen molar-refractivity contribution in [3.63, 3.8) is 0 Å². The van der Waals surface area contributed by atoms with Crippen LogP contribution in [0.4, 0.5) is 0 Å². The van der Waals surface area contributed by atoms with Crippen molar-refractivity contribution in [2.75, 3.05) is 0 Å². The average Bonchev–Trinajstić information content (AvgIpc) is 2.84. The lowest BCUT2D eigenvalue weighted by Crippen LogP contribution is -2.12. The molecule has 16 heavy (non-hydrogen) atoms. The third kappa shape index (κ3) is 2.02. The van der Waals surface area contributed by atoms with Gasteiger partial charge in [-0.05, 0) is 41.3 Å². The van der Waals surface area contributed by atoms with Crippen molar-refractivity contribution in [2.24, 2.45) is 0 Å². The predicted molar refractivity (Wildman–Crippen MR) is 64.3 cm³/mol. The van der Waals surface area contributed by atoms with E-state index in [-0.39, 0.29) is 6.04 Å². The van der Waals surface area contributed by atoms with Gasteiger partial charge in [0.2, 0.25) is 0 Å². The molecule has 0 saturated heterocycles. The molecule has 1 atom stereocenters. The molecule has 0 spiro atoms. The highest BCUT2D eigenvalue weighted by Crippen LogP contribution is 2.29. The van der Waals surface area contributed by atoms with E-state index in [0.717, 1.165) is 4.47 Å². The SMILES string of the molecule is CC(C)n1ncc(Br)c1C(O)c1csnn1. The van der Waals surface area contributed by atoms with Crippen molar-refractivity contribution < 1.29 is 5.11 Å². The molecule has 0 aliphatic carbocycles.